The lowest BCUT2D eigenvalue weighted by molar-refractivity contribution is -0.118. The molecule has 0 aromatic heterocycles. The predicted octanol–water partition coefficient (Wildman–Crippen LogP) is 4.42. The summed E-state index contributed by atoms with van der Waals surface area (Å²) in [5.74, 6) is 0.796. The van der Waals surface area contributed by atoms with Crippen molar-refractivity contribution in [3.63, 3.8) is 0 Å². The number of anilines is 3. The highest BCUT2D eigenvalue weighted by Gasteiger charge is 2.23. The second-order valence-electron chi connectivity index (χ2n) is 6.40. The first-order chi connectivity index (χ1) is 13.1. The second-order valence-corrected chi connectivity index (χ2v) is 6.40. The standard InChI is InChI=1S/C21H25N3O3/c1-3-13-24-18-11-10-16(14-15(18)9-12-20(24)25)22-21(26)23-17-7-5-6-8-19(17)27-4-2/h5-8,10-11,14H,3-4,9,12-13H2,1-2H3,(H2,22,23,26). The Morgan fingerprint density at radius 2 is 1.93 bits per heavy atom. The van der Waals surface area contributed by atoms with Crippen molar-refractivity contribution in [2.45, 2.75) is 33.1 Å². The molecule has 0 saturated heterocycles. The van der Waals surface area contributed by atoms with E-state index in [0.717, 1.165) is 17.7 Å². The molecule has 27 heavy (non-hydrogen) atoms. The van der Waals surface area contributed by atoms with Crippen molar-refractivity contribution in [3.05, 3.63) is 48.0 Å². The van der Waals surface area contributed by atoms with Gasteiger partial charge >= 0.3 is 6.03 Å². The molecule has 2 aromatic rings. The number of rotatable bonds is 6. The van der Waals surface area contributed by atoms with E-state index in [0.29, 0.717) is 43.1 Å². The Kier molecular flexibility index (Phi) is 5.96. The molecule has 6 nitrogen and oxygen atoms in total. The first-order valence-electron chi connectivity index (χ1n) is 9.35. The van der Waals surface area contributed by atoms with Crippen LogP contribution in [0.25, 0.3) is 0 Å². The summed E-state index contributed by atoms with van der Waals surface area (Å²) < 4.78 is 5.53. The molecule has 0 atom stereocenters. The number of para-hydroxylation sites is 2. The van der Waals surface area contributed by atoms with Crippen molar-refractivity contribution in [2.75, 3.05) is 28.7 Å². The van der Waals surface area contributed by atoms with E-state index in [4.69, 9.17) is 4.74 Å². The summed E-state index contributed by atoms with van der Waals surface area (Å²) in [4.78, 5) is 26.3. The molecule has 3 amide bonds. The van der Waals surface area contributed by atoms with Crippen LogP contribution in [0, 0.1) is 0 Å². The summed E-state index contributed by atoms with van der Waals surface area (Å²) >= 11 is 0. The van der Waals surface area contributed by atoms with E-state index in [9.17, 15) is 9.59 Å². The average molecular weight is 367 g/mol. The van der Waals surface area contributed by atoms with Crippen molar-refractivity contribution in [1.29, 1.82) is 0 Å². The molecule has 142 valence electrons. The van der Waals surface area contributed by atoms with Crippen LogP contribution in [0.15, 0.2) is 42.5 Å². The van der Waals surface area contributed by atoms with Gasteiger partial charge in [0.15, 0.2) is 0 Å². The van der Waals surface area contributed by atoms with Crippen molar-refractivity contribution < 1.29 is 14.3 Å². The number of nitrogens with zero attached hydrogens (tertiary/aromatic N) is 1. The summed E-state index contributed by atoms with van der Waals surface area (Å²) in [7, 11) is 0. The number of aryl methyl sites for hydroxylation is 1. The molecule has 0 spiro atoms. The smallest absolute Gasteiger partial charge is 0.323 e. The zero-order valence-electron chi connectivity index (χ0n) is 15.7. The van der Waals surface area contributed by atoms with Gasteiger partial charge in [0.2, 0.25) is 5.91 Å². The molecule has 1 heterocycles. The summed E-state index contributed by atoms with van der Waals surface area (Å²) in [5.41, 5.74) is 3.34. The van der Waals surface area contributed by atoms with E-state index in [2.05, 4.69) is 17.6 Å². The van der Waals surface area contributed by atoms with Crippen LogP contribution in [0.5, 0.6) is 5.75 Å². The molecule has 0 fully saturated rings. The third-order valence-corrected chi connectivity index (χ3v) is 4.42. The monoisotopic (exact) mass is 367 g/mol. The largest absolute Gasteiger partial charge is 0.492 e. The second kappa shape index (κ2) is 8.58. The number of benzene rings is 2. The first-order valence-corrected chi connectivity index (χ1v) is 9.35. The molecule has 0 unspecified atom stereocenters. The van der Waals surface area contributed by atoms with Crippen LogP contribution in [0.1, 0.15) is 32.3 Å². The molecule has 6 heteroatoms. The highest BCUT2D eigenvalue weighted by atomic mass is 16.5. The maximum atomic E-state index is 12.4. The van der Waals surface area contributed by atoms with Gasteiger partial charge in [-0.3, -0.25) is 4.79 Å². The molecule has 0 bridgehead atoms. The molecule has 1 aliphatic rings. The number of ether oxygens (including phenoxy) is 1. The number of hydrogen-bond acceptors (Lipinski definition) is 3. The Labute approximate surface area is 159 Å². The zero-order chi connectivity index (χ0) is 19.2. The molecular formula is C21H25N3O3. The van der Waals surface area contributed by atoms with E-state index in [1.807, 2.05) is 48.2 Å². The van der Waals surface area contributed by atoms with Gasteiger partial charge in [0, 0.05) is 24.3 Å². The Bertz CT molecular complexity index is 835. The van der Waals surface area contributed by atoms with Crippen LogP contribution in [0.3, 0.4) is 0 Å². The summed E-state index contributed by atoms with van der Waals surface area (Å²) in [6.45, 7) is 5.20. The maximum absolute atomic E-state index is 12.4. The van der Waals surface area contributed by atoms with E-state index < -0.39 is 0 Å². The maximum Gasteiger partial charge on any atom is 0.323 e. The Balaban J connectivity index is 1.71. The zero-order valence-corrected chi connectivity index (χ0v) is 15.7. The number of fused-ring (bicyclic) bond motifs is 1. The number of urea groups is 1. The van der Waals surface area contributed by atoms with Crippen LogP contribution in [-0.4, -0.2) is 25.1 Å². The molecule has 3 rings (SSSR count). The fourth-order valence-corrected chi connectivity index (χ4v) is 3.24. The number of amides is 3. The summed E-state index contributed by atoms with van der Waals surface area (Å²) in [6, 6.07) is 12.7. The molecular weight excluding hydrogens is 342 g/mol. The van der Waals surface area contributed by atoms with Crippen LogP contribution in [0.4, 0.5) is 21.9 Å². The quantitative estimate of drug-likeness (QED) is 0.794. The van der Waals surface area contributed by atoms with E-state index >= 15 is 0 Å². The number of carbonyl (C=O) groups excluding carboxylic acids is 2. The van der Waals surface area contributed by atoms with Crippen molar-refractivity contribution >= 4 is 29.0 Å². The normalized spacial score (nSPS) is 13.1. The van der Waals surface area contributed by atoms with Crippen molar-refractivity contribution in [3.8, 4) is 5.75 Å². The van der Waals surface area contributed by atoms with Crippen molar-refractivity contribution in [2.24, 2.45) is 0 Å². The topological polar surface area (TPSA) is 70.7 Å². The van der Waals surface area contributed by atoms with Crippen molar-refractivity contribution in [1.82, 2.24) is 0 Å². The van der Waals surface area contributed by atoms with E-state index in [1.165, 1.54) is 0 Å². The lowest BCUT2D eigenvalue weighted by Crippen LogP contribution is -2.35. The Morgan fingerprint density at radius 1 is 1.11 bits per heavy atom. The molecule has 0 aliphatic carbocycles. The van der Waals surface area contributed by atoms with Gasteiger partial charge in [-0.2, -0.15) is 0 Å². The highest BCUT2D eigenvalue weighted by Crippen LogP contribution is 2.31. The van der Waals surface area contributed by atoms with Crippen LogP contribution < -0.4 is 20.3 Å². The molecule has 1 aliphatic heterocycles. The van der Waals surface area contributed by atoms with Gasteiger partial charge in [0.25, 0.3) is 0 Å². The minimum absolute atomic E-state index is 0.162. The fourth-order valence-electron chi connectivity index (χ4n) is 3.24. The molecule has 0 saturated carbocycles. The van der Waals surface area contributed by atoms with Gasteiger partial charge < -0.3 is 20.3 Å². The number of carbonyl (C=O) groups is 2. The molecule has 0 radical (unpaired) electrons. The van der Waals surface area contributed by atoms with Gasteiger partial charge in [0.05, 0.1) is 12.3 Å². The SMILES string of the molecule is CCCN1C(=O)CCc2cc(NC(=O)Nc3ccccc3OCC)ccc21. The van der Waals surface area contributed by atoms with Crippen LogP contribution >= 0.6 is 0 Å². The van der Waals surface area contributed by atoms with Crippen LogP contribution in [0.2, 0.25) is 0 Å². The van der Waals surface area contributed by atoms with Gasteiger partial charge in [-0.05, 0) is 55.7 Å². The van der Waals surface area contributed by atoms with Gasteiger partial charge in [-0.15, -0.1) is 0 Å². The Hall–Kier alpha value is -3.02. The highest BCUT2D eigenvalue weighted by molar-refractivity contribution is 6.01. The fraction of sp³-hybridized carbons (Fsp3) is 0.333. The summed E-state index contributed by atoms with van der Waals surface area (Å²) in [5, 5.41) is 5.68. The minimum Gasteiger partial charge on any atom is -0.492 e. The number of nitrogens with one attached hydrogen (secondary N) is 2. The summed E-state index contributed by atoms with van der Waals surface area (Å²) in [6.07, 6.45) is 2.11. The minimum atomic E-state index is -0.334. The lowest BCUT2D eigenvalue weighted by Gasteiger charge is -2.29. The van der Waals surface area contributed by atoms with Gasteiger partial charge in [0.1, 0.15) is 5.75 Å². The molecule has 2 N–H and O–H groups in total. The third-order valence-electron chi connectivity index (χ3n) is 4.42. The lowest BCUT2D eigenvalue weighted by atomic mass is 10.00. The van der Waals surface area contributed by atoms with Crippen LogP contribution in [-0.2, 0) is 11.2 Å². The number of hydrogen-bond donors (Lipinski definition) is 2. The van der Waals surface area contributed by atoms with Gasteiger partial charge in [-0.1, -0.05) is 19.1 Å². The Morgan fingerprint density at radius 3 is 2.70 bits per heavy atom. The van der Waals surface area contributed by atoms with E-state index in [-0.39, 0.29) is 11.9 Å². The molecule has 2 aromatic carbocycles. The third kappa shape index (κ3) is 4.39. The first kappa shape index (κ1) is 18.8. The van der Waals surface area contributed by atoms with Gasteiger partial charge in [-0.25, -0.2) is 4.79 Å². The predicted molar refractivity (Wildman–Crippen MR) is 108 cm³/mol. The van der Waals surface area contributed by atoms with E-state index in [1.54, 1.807) is 6.07 Å². The average Bonchev–Trinajstić information content (AvgIpc) is 2.66.